The summed E-state index contributed by atoms with van der Waals surface area (Å²) in [6.07, 6.45) is 1.10. The Hall–Kier alpha value is -1.74. The molecule has 18 heavy (non-hydrogen) atoms. The first-order valence-corrected chi connectivity index (χ1v) is 6.85. The molecule has 1 unspecified atom stereocenters. The standard InChI is InChI=1S/C15H12O2S/c16-13-8-7-12(10-4-1-2-5-11(10)13)15(17)14-6-3-9-18-14/h1-6,9,12H,7-8H2. The molecule has 0 spiro atoms. The van der Waals surface area contributed by atoms with Crippen LogP contribution in [0.4, 0.5) is 0 Å². The van der Waals surface area contributed by atoms with Gasteiger partial charge >= 0.3 is 0 Å². The third-order valence-corrected chi connectivity index (χ3v) is 4.26. The van der Waals surface area contributed by atoms with E-state index in [0.29, 0.717) is 12.8 Å². The lowest BCUT2D eigenvalue weighted by atomic mass is 9.79. The van der Waals surface area contributed by atoms with Crippen LogP contribution in [0.1, 0.15) is 44.4 Å². The maximum Gasteiger partial charge on any atom is 0.180 e. The molecule has 0 radical (unpaired) electrons. The zero-order valence-electron chi connectivity index (χ0n) is 9.76. The van der Waals surface area contributed by atoms with Crippen LogP contribution in [0.5, 0.6) is 0 Å². The van der Waals surface area contributed by atoms with Crippen molar-refractivity contribution in [3.63, 3.8) is 0 Å². The van der Waals surface area contributed by atoms with Gasteiger partial charge in [-0.05, 0) is 23.4 Å². The Morgan fingerprint density at radius 1 is 1.17 bits per heavy atom. The molecule has 0 aliphatic heterocycles. The summed E-state index contributed by atoms with van der Waals surface area (Å²) >= 11 is 1.47. The van der Waals surface area contributed by atoms with Crippen LogP contribution < -0.4 is 0 Å². The molecule has 90 valence electrons. The van der Waals surface area contributed by atoms with E-state index >= 15 is 0 Å². The topological polar surface area (TPSA) is 34.1 Å². The highest BCUT2D eigenvalue weighted by atomic mass is 32.1. The summed E-state index contributed by atoms with van der Waals surface area (Å²) in [5.41, 5.74) is 1.62. The Morgan fingerprint density at radius 2 is 2.00 bits per heavy atom. The van der Waals surface area contributed by atoms with Crippen LogP contribution in [0, 0.1) is 0 Å². The van der Waals surface area contributed by atoms with E-state index in [-0.39, 0.29) is 17.5 Å². The van der Waals surface area contributed by atoms with Crippen LogP contribution in [0.3, 0.4) is 0 Å². The third kappa shape index (κ3) is 1.81. The Bertz CT molecular complexity index is 599. The van der Waals surface area contributed by atoms with E-state index in [1.165, 1.54) is 11.3 Å². The predicted molar refractivity (Wildman–Crippen MR) is 71.4 cm³/mol. The van der Waals surface area contributed by atoms with Gasteiger partial charge in [-0.25, -0.2) is 0 Å². The summed E-state index contributed by atoms with van der Waals surface area (Å²) in [5.74, 6) is 0.142. The predicted octanol–water partition coefficient (Wildman–Crippen LogP) is 3.69. The number of benzene rings is 1. The summed E-state index contributed by atoms with van der Waals surface area (Å²) in [6, 6.07) is 11.2. The molecule has 0 fully saturated rings. The molecular formula is C15H12O2S. The van der Waals surface area contributed by atoms with Gasteiger partial charge < -0.3 is 0 Å². The van der Waals surface area contributed by atoms with E-state index in [0.717, 1.165) is 16.0 Å². The van der Waals surface area contributed by atoms with Gasteiger partial charge in [0.15, 0.2) is 11.6 Å². The Morgan fingerprint density at radius 3 is 2.78 bits per heavy atom. The second-order valence-electron chi connectivity index (χ2n) is 4.44. The minimum absolute atomic E-state index is 0.143. The largest absolute Gasteiger partial charge is 0.294 e. The highest BCUT2D eigenvalue weighted by Crippen LogP contribution is 2.34. The molecule has 1 atom stereocenters. The van der Waals surface area contributed by atoms with Crippen molar-refractivity contribution < 1.29 is 9.59 Å². The van der Waals surface area contributed by atoms with E-state index in [1.54, 1.807) is 0 Å². The van der Waals surface area contributed by atoms with E-state index in [4.69, 9.17) is 0 Å². The van der Waals surface area contributed by atoms with Crippen molar-refractivity contribution in [2.24, 2.45) is 0 Å². The van der Waals surface area contributed by atoms with Crippen LogP contribution in [-0.4, -0.2) is 11.6 Å². The van der Waals surface area contributed by atoms with E-state index < -0.39 is 0 Å². The molecule has 0 saturated heterocycles. The average Bonchev–Trinajstić information content (AvgIpc) is 2.93. The first kappa shape index (κ1) is 11.4. The number of carbonyl (C=O) groups is 2. The minimum Gasteiger partial charge on any atom is -0.294 e. The monoisotopic (exact) mass is 256 g/mol. The number of hydrogen-bond donors (Lipinski definition) is 0. The molecule has 3 rings (SSSR count). The van der Waals surface area contributed by atoms with Crippen LogP contribution in [0.15, 0.2) is 41.8 Å². The molecule has 1 aliphatic rings. The van der Waals surface area contributed by atoms with Gasteiger partial charge in [-0.15, -0.1) is 11.3 Å². The fourth-order valence-corrected chi connectivity index (χ4v) is 3.20. The molecule has 1 heterocycles. The van der Waals surface area contributed by atoms with Gasteiger partial charge in [0.1, 0.15) is 0 Å². The van der Waals surface area contributed by atoms with Crippen molar-refractivity contribution in [3.05, 3.63) is 57.8 Å². The van der Waals surface area contributed by atoms with E-state index in [1.807, 2.05) is 41.8 Å². The molecule has 1 aromatic heterocycles. The second-order valence-corrected chi connectivity index (χ2v) is 5.39. The number of ketones is 2. The smallest absolute Gasteiger partial charge is 0.180 e. The third-order valence-electron chi connectivity index (χ3n) is 3.38. The summed E-state index contributed by atoms with van der Waals surface area (Å²) in [6.45, 7) is 0. The van der Waals surface area contributed by atoms with Gasteiger partial charge in [-0.3, -0.25) is 9.59 Å². The first-order chi connectivity index (χ1) is 8.77. The maximum absolute atomic E-state index is 12.4. The number of fused-ring (bicyclic) bond motifs is 1. The highest BCUT2D eigenvalue weighted by molar-refractivity contribution is 7.12. The molecule has 1 aromatic carbocycles. The molecule has 1 aliphatic carbocycles. The van der Waals surface area contributed by atoms with Crippen molar-refractivity contribution in [2.45, 2.75) is 18.8 Å². The number of rotatable bonds is 2. The van der Waals surface area contributed by atoms with Gasteiger partial charge in [0.2, 0.25) is 0 Å². The van der Waals surface area contributed by atoms with Crippen LogP contribution in [0.25, 0.3) is 0 Å². The normalized spacial score (nSPS) is 18.4. The molecule has 2 nitrogen and oxygen atoms in total. The SMILES string of the molecule is O=C1CCC(C(=O)c2cccs2)c2ccccc21. The average molecular weight is 256 g/mol. The Balaban J connectivity index is 2.03. The van der Waals surface area contributed by atoms with Crippen molar-refractivity contribution in [1.29, 1.82) is 0 Å². The zero-order chi connectivity index (χ0) is 12.5. The number of thiophene rings is 1. The molecule has 0 bridgehead atoms. The molecule has 0 saturated carbocycles. The molecule has 3 heteroatoms. The van der Waals surface area contributed by atoms with Crippen LogP contribution in [0.2, 0.25) is 0 Å². The van der Waals surface area contributed by atoms with Crippen LogP contribution >= 0.6 is 11.3 Å². The summed E-state index contributed by atoms with van der Waals surface area (Å²) < 4.78 is 0. The van der Waals surface area contributed by atoms with Crippen LogP contribution in [-0.2, 0) is 0 Å². The van der Waals surface area contributed by atoms with E-state index in [2.05, 4.69) is 0 Å². The Kier molecular flexibility index (Phi) is 2.84. The number of carbonyl (C=O) groups excluding carboxylic acids is 2. The fourth-order valence-electron chi connectivity index (χ4n) is 2.48. The molecular weight excluding hydrogens is 244 g/mol. The molecule has 2 aromatic rings. The van der Waals surface area contributed by atoms with Crippen molar-refractivity contribution in [3.8, 4) is 0 Å². The van der Waals surface area contributed by atoms with Crippen molar-refractivity contribution in [1.82, 2.24) is 0 Å². The lowest BCUT2D eigenvalue weighted by molar-refractivity contribution is 0.0920. The Labute approximate surface area is 109 Å². The quantitative estimate of drug-likeness (QED) is 0.768. The molecule has 0 amide bonds. The molecule has 0 N–H and O–H groups in total. The fraction of sp³-hybridized carbons (Fsp3) is 0.200. The number of hydrogen-bond acceptors (Lipinski definition) is 3. The first-order valence-electron chi connectivity index (χ1n) is 5.97. The van der Waals surface area contributed by atoms with Gasteiger partial charge in [-0.1, -0.05) is 30.3 Å². The van der Waals surface area contributed by atoms with Crippen molar-refractivity contribution in [2.75, 3.05) is 0 Å². The summed E-state index contributed by atoms with van der Waals surface area (Å²) in [5, 5.41) is 1.91. The maximum atomic E-state index is 12.4. The zero-order valence-corrected chi connectivity index (χ0v) is 10.6. The lowest BCUT2D eigenvalue weighted by Crippen LogP contribution is -2.21. The van der Waals surface area contributed by atoms with E-state index in [9.17, 15) is 9.59 Å². The summed E-state index contributed by atoms with van der Waals surface area (Å²) in [7, 11) is 0. The summed E-state index contributed by atoms with van der Waals surface area (Å²) in [4.78, 5) is 25.0. The van der Waals surface area contributed by atoms with Gasteiger partial charge in [0.25, 0.3) is 0 Å². The second kappa shape index (κ2) is 4.50. The van der Waals surface area contributed by atoms with Gasteiger partial charge in [-0.2, -0.15) is 0 Å². The van der Waals surface area contributed by atoms with Gasteiger partial charge in [0.05, 0.1) is 4.88 Å². The van der Waals surface area contributed by atoms with Crippen molar-refractivity contribution >= 4 is 22.9 Å². The highest BCUT2D eigenvalue weighted by Gasteiger charge is 2.30. The number of Topliss-reactive ketones (excluding diaryl/α,β-unsaturated/α-hetero) is 2. The minimum atomic E-state index is -0.155. The lowest BCUT2D eigenvalue weighted by Gasteiger charge is -2.22. The van der Waals surface area contributed by atoms with Gasteiger partial charge in [0, 0.05) is 17.9 Å².